The second-order valence-electron chi connectivity index (χ2n) is 11.6. The van der Waals surface area contributed by atoms with Crippen LogP contribution in [0.5, 0.6) is 0 Å². The fourth-order valence-electron chi connectivity index (χ4n) is 7.41. The van der Waals surface area contributed by atoms with Crippen LogP contribution in [0.15, 0.2) is 152 Å². The van der Waals surface area contributed by atoms with Gasteiger partial charge in [0.1, 0.15) is 5.65 Å². The molecule has 0 radical (unpaired) electrons. The standard InChI is InChI=1S/C41H25N3/c1-2-18-32-28(14-1)33(25-34-31-17-5-9-22-38(31)44-39-23-10-6-19-35(39)42-41(44)40(32)34)26-12-11-13-27(24-26)43-36-20-7-3-15-29(36)30-16-4-8-21-37(30)43/h1-25H. The Morgan fingerprint density at radius 1 is 0.409 bits per heavy atom. The molecule has 3 heterocycles. The highest BCUT2D eigenvalue weighted by atomic mass is 15.0. The van der Waals surface area contributed by atoms with Gasteiger partial charge in [0.2, 0.25) is 0 Å². The molecule has 3 heteroatoms. The number of fused-ring (bicyclic) bond motifs is 13. The van der Waals surface area contributed by atoms with Crippen molar-refractivity contribution in [3.05, 3.63) is 152 Å². The molecule has 204 valence electrons. The number of hydrogen-bond donors (Lipinski definition) is 0. The van der Waals surface area contributed by atoms with Gasteiger partial charge >= 0.3 is 0 Å². The Bertz CT molecular complexity index is 2730. The molecule has 10 aromatic rings. The minimum atomic E-state index is 1.00. The minimum Gasteiger partial charge on any atom is -0.309 e. The normalized spacial score (nSPS) is 12.1. The van der Waals surface area contributed by atoms with Crippen molar-refractivity contribution in [2.24, 2.45) is 0 Å². The van der Waals surface area contributed by atoms with E-state index in [9.17, 15) is 0 Å². The summed E-state index contributed by atoms with van der Waals surface area (Å²) >= 11 is 0. The number of aromatic nitrogens is 3. The molecule has 0 saturated heterocycles. The fourth-order valence-corrected chi connectivity index (χ4v) is 7.41. The summed E-state index contributed by atoms with van der Waals surface area (Å²) < 4.78 is 4.73. The van der Waals surface area contributed by atoms with Crippen molar-refractivity contribution in [3.63, 3.8) is 0 Å². The van der Waals surface area contributed by atoms with Crippen molar-refractivity contribution in [1.29, 1.82) is 0 Å². The molecule has 0 atom stereocenters. The van der Waals surface area contributed by atoms with Crippen molar-refractivity contribution in [3.8, 4) is 16.8 Å². The predicted octanol–water partition coefficient (Wildman–Crippen LogP) is 10.7. The zero-order valence-electron chi connectivity index (χ0n) is 23.8. The molecule has 0 bridgehead atoms. The molecule has 10 rings (SSSR count). The number of pyridine rings is 1. The van der Waals surface area contributed by atoms with E-state index in [1.54, 1.807) is 0 Å². The number of nitrogens with zero attached hydrogens (tertiary/aromatic N) is 3. The van der Waals surface area contributed by atoms with Gasteiger partial charge in [-0.1, -0.05) is 103 Å². The third kappa shape index (κ3) is 3.13. The Balaban J connectivity index is 1.32. The van der Waals surface area contributed by atoms with Gasteiger partial charge in [0, 0.05) is 27.2 Å². The highest BCUT2D eigenvalue weighted by Crippen LogP contribution is 2.42. The van der Waals surface area contributed by atoms with Gasteiger partial charge in [-0.2, -0.15) is 0 Å². The topological polar surface area (TPSA) is 22.2 Å². The van der Waals surface area contributed by atoms with Gasteiger partial charge in [0.05, 0.1) is 27.6 Å². The molecule has 7 aromatic carbocycles. The maximum atomic E-state index is 5.21. The Morgan fingerprint density at radius 3 is 1.70 bits per heavy atom. The van der Waals surface area contributed by atoms with E-state index in [4.69, 9.17) is 4.98 Å². The second kappa shape index (κ2) is 8.79. The van der Waals surface area contributed by atoms with Gasteiger partial charge in [-0.15, -0.1) is 0 Å². The van der Waals surface area contributed by atoms with E-state index < -0.39 is 0 Å². The highest BCUT2D eigenvalue weighted by molar-refractivity contribution is 6.26. The van der Waals surface area contributed by atoms with Crippen LogP contribution in [-0.4, -0.2) is 14.0 Å². The lowest BCUT2D eigenvalue weighted by Gasteiger charge is -2.16. The van der Waals surface area contributed by atoms with Crippen LogP contribution >= 0.6 is 0 Å². The Kier molecular flexibility index (Phi) is 4.72. The fraction of sp³-hybridized carbons (Fsp3) is 0. The number of benzene rings is 7. The zero-order chi connectivity index (χ0) is 28.8. The smallest absolute Gasteiger partial charge is 0.147 e. The summed E-state index contributed by atoms with van der Waals surface area (Å²) in [6.45, 7) is 0. The van der Waals surface area contributed by atoms with Gasteiger partial charge in [-0.25, -0.2) is 4.98 Å². The summed E-state index contributed by atoms with van der Waals surface area (Å²) in [7, 11) is 0. The van der Waals surface area contributed by atoms with E-state index >= 15 is 0 Å². The highest BCUT2D eigenvalue weighted by Gasteiger charge is 2.19. The zero-order valence-corrected chi connectivity index (χ0v) is 23.8. The number of hydrogen-bond acceptors (Lipinski definition) is 1. The van der Waals surface area contributed by atoms with Gasteiger partial charge in [0.25, 0.3) is 0 Å². The first-order valence-electron chi connectivity index (χ1n) is 15.1. The maximum Gasteiger partial charge on any atom is 0.147 e. The second-order valence-corrected chi connectivity index (χ2v) is 11.6. The third-order valence-electron chi connectivity index (χ3n) is 9.26. The quantitative estimate of drug-likeness (QED) is 0.193. The van der Waals surface area contributed by atoms with Crippen LogP contribution in [0.25, 0.3) is 87.7 Å². The van der Waals surface area contributed by atoms with Crippen molar-refractivity contribution < 1.29 is 0 Å². The van der Waals surface area contributed by atoms with Crippen LogP contribution in [0.4, 0.5) is 0 Å². The number of para-hydroxylation sites is 5. The van der Waals surface area contributed by atoms with Gasteiger partial charge in [-0.05, 0) is 75.8 Å². The van der Waals surface area contributed by atoms with E-state index in [0.29, 0.717) is 0 Å². The van der Waals surface area contributed by atoms with Gasteiger partial charge < -0.3 is 4.57 Å². The Morgan fingerprint density at radius 2 is 0.977 bits per heavy atom. The molecule has 0 saturated carbocycles. The number of rotatable bonds is 2. The lowest BCUT2D eigenvalue weighted by atomic mass is 9.92. The van der Waals surface area contributed by atoms with E-state index in [1.807, 2.05) is 0 Å². The van der Waals surface area contributed by atoms with Gasteiger partial charge in [0.15, 0.2) is 0 Å². The molecule has 0 aliphatic heterocycles. The van der Waals surface area contributed by atoms with Crippen LogP contribution in [-0.2, 0) is 0 Å². The largest absolute Gasteiger partial charge is 0.309 e. The average Bonchev–Trinajstić information content (AvgIpc) is 3.64. The SMILES string of the molecule is c1cc(-c2cc3c4ccccc4n4c5ccccc5nc4c3c3ccccc23)cc(-n2c3ccccc3c3ccccc32)c1. The molecule has 3 nitrogen and oxygen atoms in total. The van der Waals surface area contributed by atoms with Crippen LogP contribution in [0.2, 0.25) is 0 Å². The summed E-state index contributed by atoms with van der Waals surface area (Å²) in [5.41, 5.74) is 10.3. The van der Waals surface area contributed by atoms with E-state index in [0.717, 1.165) is 22.4 Å². The molecule has 0 amide bonds. The molecular weight excluding hydrogens is 534 g/mol. The summed E-state index contributed by atoms with van der Waals surface area (Å²) in [4.78, 5) is 5.21. The number of imidazole rings is 1. The van der Waals surface area contributed by atoms with Crippen LogP contribution < -0.4 is 0 Å². The van der Waals surface area contributed by atoms with Crippen molar-refractivity contribution in [2.45, 2.75) is 0 Å². The Hall–Kier alpha value is -5.93. The lowest BCUT2D eigenvalue weighted by molar-refractivity contribution is 1.18. The first-order chi connectivity index (χ1) is 21.8. The lowest BCUT2D eigenvalue weighted by Crippen LogP contribution is -1.95. The van der Waals surface area contributed by atoms with E-state index in [2.05, 4.69) is 161 Å². The molecule has 44 heavy (non-hydrogen) atoms. The van der Waals surface area contributed by atoms with Crippen molar-refractivity contribution >= 4 is 70.9 Å². The first-order valence-corrected chi connectivity index (χ1v) is 15.1. The molecule has 0 unspecified atom stereocenters. The molecule has 3 aromatic heterocycles. The summed E-state index contributed by atoms with van der Waals surface area (Å²) in [6, 6.07) is 54.8. The molecule has 0 spiro atoms. The minimum absolute atomic E-state index is 1.00. The molecule has 0 N–H and O–H groups in total. The van der Waals surface area contributed by atoms with Crippen LogP contribution in [0.3, 0.4) is 0 Å². The Labute approximate surface area is 252 Å². The van der Waals surface area contributed by atoms with Crippen molar-refractivity contribution in [1.82, 2.24) is 14.0 Å². The average molecular weight is 560 g/mol. The maximum absolute atomic E-state index is 5.21. The van der Waals surface area contributed by atoms with Crippen molar-refractivity contribution in [2.75, 3.05) is 0 Å². The van der Waals surface area contributed by atoms with Gasteiger partial charge in [-0.3, -0.25) is 4.40 Å². The predicted molar refractivity (Wildman–Crippen MR) is 185 cm³/mol. The molecule has 0 aliphatic carbocycles. The van der Waals surface area contributed by atoms with Crippen LogP contribution in [0.1, 0.15) is 0 Å². The summed E-state index contributed by atoms with van der Waals surface area (Å²) in [5.74, 6) is 0. The van der Waals surface area contributed by atoms with E-state index in [1.165, 1.54) is 65.4 Å². The first kappa shape index (κ1) is 23.6. The monoisotopic (exact) mass is 559 g/mol. The molecular formula is C41H25N3. The summed E-state index contributed by atoms with van der Waals surface area (Å²) in [6.07, 6.45) is 0. The van der Waals surface area contributed by atoms with E-state index in [-0.39, 0.29) is 0 Å². The van der Waals surface area contributed by atoms with Crippen LogP contribution in [0, 0.1) is 0 Å². The molecule has 0 aliphatic rings. The molecule has 0 fully saturated rings. The third-order valence-corrected chi connectivity index (χ3v) is 9.26. The summed E-state index contributed by atoms with van der Waals surface area (Å²) in [5, 5.41) is 8.62.